The maximum absolute atomic E-state index is 4.36. The maximum atomic E-state index is 4.36. The summed E-state index contributed by atoms with van der Waals surface area (Å²) in [5, 5.41) is 7.82. The molecule has 0 aliphatic carbocycles. The fourth-order valence-corrected chi connectivity index (χ4v) is 2.77. The van der Waals surface area contributed by atoms with Crippen molar-refractivity contribution in [2.75, 3.05) is 13.1 Å². The Morgan fingerprint density at radius 1 is 1.32 bits per heavy atom. The van der Waals surface area contributed by atoms with Gasteiger partial charge in [-0.1, -0.05) is 0 Å². The van der Waals surface area contributed by atoms with E-state index in [1.165, 1.54) is 25.0 Å². The van der Waals surface area contributed by atoms with E-state index in [1.54, 1.807) is 0 Å². The SMILES string of the molecule is CCn1cc(-c2cncn2C2CCCNCC2)cn1. The van der Waals surface area contributed by atoms with Crippen LogP contribution in [0.15, 0.2) is 24.9 Å². The predicted molar refractivity (Wildman–Crippen MR) is 74.9 cm³/mol. The molecule has 3 rings (SSSR count). The minimum absolute atomic E-state index is 0.553. The second-order valence-corrected chi connectivity index (χ2v) is 5.11. The molecule has 1 fully saturated rings. The largest absolute Gasteiger partial charge is 0.327 e. The number of hydrogen-bond donors (Lipinski definition) is 1. The van der Waals surface area contributed by atoms with E-state index < -0.39 is 0 Å². The van der Waals surface area contributed by atoms with Gasteiger partial charge in [0.25, 0.3) is 0 Å². The molecule has 102 valence electrons. The lowest BCUT2D eigenvalue weighted by molar-refractivity contribution is 0.457. The molecule has 1 N–H and O–H groups in total. The summed E-state index contributed by atoms with van der Waals surface area (Å²) in [6, 6.07) is 0.553. The Bertz CT molecular complexity index is 519. The molecular weight excluding hydrogens is 238 g/mol. The van der Waals surface area contributed by atoms with Crippen molar-refractivity contribution < 1.29 is 0 Å². The van der Waals surface area contributed by atoms with Gasteiger partial charge in [0, 0.05) is 24.3 Å². The van der Waals surface area contributed by atoms with Crippen LogP contribution in [0.2, 0.25) is 0 Å². The van der Waals surface area contributed by atoms with E-state index in [2.05, 4.69) is 33.1 Å². The van der Waals surface area contributed by atoms with Gasteiger partial charge in [-0.2, -0.15) is 5.10 Å². The summed E-state index contributed by atoms with van der Waals surface area (Å²) < 4.78 is 4.28. The van der Waals surface area contributed by atoms with Gasteiger partial charge in [0.05, 0.1) is 24.4 Å². The average molecular weight is 259 g/mol. The summed E-state index contributed by atoms with van der Waals surface area (Å²) in [7, 11) is 0. The van der Waals surface area contributed by atoms with Crippen molar-refractivity contribution in [3.05, 3.63) is 24.9 Å². The van der Waals surface area contributed by atoms with E-state index in [-0.39, 0.29) is 0 Å². The first-order chi connectivity index (χ1) is 9.38. The summed E-state index contributed by atoms with van der Waals surface area (Å²) in [6.45, 7) is 5.23. The first kappa shape index (κ1) is 12.4. The van der Waals surface area contributed by atoms with Crippen molar-refractivity contribution in [3.63, 3.8) is 0 Å². The summed E-state index contributed by atoms with van der Waals surface area (Å²) in [4.78, 5) is 4.34. The second kappa shape index (κ2) is 5.57. The van der Waals surface area contributed by atoms with Gasteiger partial charge in [0.15, 0.2) is 0 Å². The lowest BCUT2D eigenvalue weighted by atomic mass is 10.1. The van der Waals surface area contributed by atoms with Crippen molar-refractivity contribution in [2.45, 2.75) is 38.8 Å². The Hall–Kier alpha value is -1.62. The highest BCUT2D eigenvalue weighted by atomic mass is 15.3. The van der Waals surface area contributed by atoms with E-state index in [4.69, 9.17) is 0 Å². The molecule has 1 unspecified atom stereocenters. The molecule has 0 amide bonds. The second-order valence-electron chi connectivity index (χ2n) is 5.11. The summed E-state index contributed by atoms with van der Waals surface area (Å²) in [5.74, 6) is 0. The molecule has 1 saturated heterocycles. The Morgan fingerprint density at radius 2 is 2.26 bits per heavy atom. The molecule has 0 bridgehead atoms. The van der Waals surface area contributed by atoms with Crippen molar-refractivity contribution in [1.29, 1.82) is 0 Å². The van der Waals surface area contributed by atoms with E-state index in [0.29, 0.717) is 6.04 Å². The third-order valence-corrected chi connectivity index (χ3v) is 3.86. The number of rotatable bonds is 3. The van der Waals surface area contributed by atoms with Crippen LogP contribution in [-0.4, -0.2) is 32.4 Å². The molecule has 0 radical (unpaired) electrons. The van der Waals surface area contributed by atoms with Crippen LogP contribution in [0.5, 0.6) is 0 Å². The summed E-state index contributed by atoms with van der Waals surface area (Å²) in [5.41, 5.74) is 2.35. The molecule has 0 saturated carbocycles. The number of hydrogen-bond acceptors (Lipinski definition) is 3. The Labute approximate surface area is 113 Å². The van der Waals surface area contributed by atoms with E-state index in [9.17, 15) is 0 Å². The minimum atomic E-state index is 0.553. The third kappa shape index (κ3) is 2.56. The normalized spacial score (nSPS) is 20.4. The van der Waals surface area contributed by atoms with Gasteiger partial charge in [-0.15, -0.1) is 0 Å². The van der Waals surface area contributed by atoms with Crippen LogP contribution >= 0.6 is 0 Å². The molecule has 2 aromatic rings. The highest BCUT2D eigenvalue weighted by molar-refractivity contribution is 5.56. The third-order valence-electron chi connectivity index (χ3n) is 3.86. The van der Waals surface area contributed by atoms with Crippen LogP contribution in [-0.2, 0) is 6.54 Å². The van der Waals surface area contributed by atoms with Gasteiger partial charge in [0.2, 0.25) is 0 Å². The topological polar surface area (TPSA) is 47.7 Å². The number of nitrogens with one attached hydrogen (secondary N) is 1. The van der Waals surface area contributed by atoms with Crippen LogP contribution in [0, 0.1) is 0 Å². The number of aromatic nitrogens is 4. The summed E-state index contributed by atoms with van der Waals surface area (Å²) in [6.07, 6.45) is 11.6. The zero-order chi connectivity index (χ0) is 13.1. The zero-order valence-corrected chi connectivity index (χ0v) is 11.4. The lowest BCUT2D eigenvalue weighted by Gasteiger charge is -2.18. The Kier molecular flexibility index (Phi) is 3.64. The molecular formula is C14H21N5. The number of aryl methyl sites for hydroxylation is 1. The number of nitrogens with zero attached hydrogens (tertiary/aromatic N) is 4. The van der Waals surface area contributed by atoms with Gasteiger partial charge >= 0.3 is 0 Å². The first-order valence-electron chi connectivity index (χ1n) is 7.14. The van der Waals surface area contributed by atoms with Gasteiger partial charge in [-0.25, -0.2) is 4.98 Å². The van der Waals surface area contributed by atoms with Crippen LogP contribution in [0.1, 0.15) is 32.2 Å². The van der Waals surface area contributed by atoms with Crippen LogP contribution < -0.4 is 5.32 Å². The standard InChI is InChI=1S/C14H21N5/c1-2-18-10-12(8-17-18)14-9-16-11-19(14)13-4-3-6-15-7-5-13/h8-11,13,15H,2-7H2,1H3. The highest BCUT2D eigenvalue weighted by Crippen LogP contribution is 2.27. The van der Waals surface area contributed by atoms with Crippen molar-refractivity contribution in [3.8, 4) is 11.3 Å². The Morgan fingerprint density at radius 3 is 3.11 bits per heavy atom. The fraction of sp³-hybridized carbons (Fsp3) is 0.571. The van der Waals surface area contributed by atoms with Crippen LogP contribution in [0.25, 0.3) is 11.3 Å². The van der Waals surface area contributed by atoms with Gasteiger partial charge in [-0.3, -0.25) is 4.68 Å². The van der Waals surface area contributed by atoms with E-state index >= 15 is 0 Å². The molecule has 0 spiro atoms. The molecule has 5 heteroatoms. The molecule has 19 heavy (non-hydrogen) atoms. The van der Waals surface area contributed by atoms with E-state index in [0.717, 1.165) is 25.2 Å². The van der Waals surface area contributed by atoms with Gasteiger partial charge in [0.1, 0.15) is 0 Å². The molecule has 1 aliphatic heterocycles. The summed E-state index contributed by atoms with van der Waals surface area (Å²) >= 11 is 0. The minimum Gasteiger partial charge on any atom is -0.327 e. The monoisotopic (exact) mass is 259 g/mol. The smallest absolute Gasteiger partial charge is 0.0953 e. The van der Waals surface area contributed by atoms with Crippen LogP contribution in [0.3, 0.4) is 0 Å². The van der Waals surface area contributed by atoms with Crippen LogP contribution in [0.4, 0.5) is 0 Å². The molecule has 3 heterocycles. The zero-order valence-electron chi connectivity index (χ0n) is 11.4. The number of imidazole rings is 1. The highest BCUT2D eigenvalue weighted by Gasteiger charge is 2.17. The molecule has 0 aromatic carbocycles. The first-order valence-corrected chi connectivity index (χ1v) is 7.14. The van der Waals surface area contributed by atoms with Gasteiger partial charge < -0.3 is 9.88 Å². The maximum Gasteiger partial charge on any atom is 0.0953 e. The van der Waals surface area contributed by atoms with E-state index in [1.807, 2.05) is 23.4 Å². The molecule has 1 atom stereocenters. The van der Waals surface area contributed by atoms with Crippen molar-refractivity contribution in [1.82, 2.24) is 24.6 Å². The fourth-order valence-electron chi connectivity index (χ4n) is 2.77. The van der Waals surface area contributed by atoms with Gasteiger partial charge in [-0.05, 0) is 39.3 Å². The van der Waals surface area contributed by atoms with Crippen molar-refractivity contribution in [2.24, 2.45) is 0 Å². The lowest BCUT2D eigenvalue weighted by Crippen LogP contribution is -2.15. The molecule has 5 nitrogen and oxygen atoms in total. The predicted octanol–water partition coefficient (Wildman–Crippen LogP) is 2.08. The average Bonchev–Trinajstić information content (AvgIpc) is 3.02. The Balaban J connectivity index is 1.88. The molecule has 2 aromatic heterocycles. The quantitative estimate of drug-likeness (QED) is 0.918. The van der Waals surface area contributed by atoms with Crippen molar-refractivity contribution >= 4 is 0 Å². The molecule has 1 aliphatic rings.